The summed E-state index contributed by atoms with van der Waals surface area (Å²) in [5.74, 6) is 0.177. The molecule has 4 aromatic rings. The summed E-state index contributed by atoms with van der Waals surface area (Å²) in [5, 5.41) is 3.40. The Morgan fingerprint density at radius 1 is 1.06 bits per heavy atom. The molecule has 3 aromatic carbocycles. The molecule has 1 aliphatic heterocycles. The first kappa shape index (κ1) is 20.4. The normalized spacial score (nSPS) is 12.9. The van der Waals surface area contributed by atoms with Crippen molar-refractivity contribution in [3.05, 3.63) is 88.8 Å². The van der Waals surface area contributed by atoms with E-state index in [0.717, 1.165) is 21.8 Å². The van der Waals surface area contributed by atoms with Crippen LogP contribution in [0.25, 0.3) is 21.8 Å². The number of halogens is 1. The molecule has 0 atom stereocenters. The third kappa shape index (κ3) is 3.90. The summed E-state index contributed by atoms with van der Waals surface area (Å²) >= 11 is 7.81. The van der Waals surface area contributed by atoms with Gasteiger partial charge in [0, 0.05) is 22.1 Å². The number of ether oxygens (including phenoxy) is 1. The fourth-order valence-corrected chi connectivity index (χ4v) is 4.71. The van der Waals surface area contributed by atoms with Crippen LogP contribution in [-0.2, 0) is 4.79 Å². The minimum atomic E-state index is -0.256. The van der Waals surface area contributed by atoms with Gasteiger partial charge in [-0.05, 0) is 24.3 Å². The Morgan fingerprint density at radius 3 is 2.66 bits per heavy atom. The lowest BCUT2D eigenvalue weighted by atomic mass is 10.1. The number of amides is 1. The van der Waals surface area contributed by atoms with Gasteiger partial charge in [-0.2, -0.15) is 0 Å². The highest BCUT2D eigenvalue weighted by Gasteiger charge is 2.28. The van der Waals surface area contributed by atoms with E-state index >= 15 is 0 Å². The predicted octanol–water partition coefficient (Wildman–Crippen LogP) is 5.74. The fraction of sp³-hybridized carbons (Fsp3) is 0.0800. The number of rotatable bonds is 5. The molecule has 32 heavy (non-hydrogen) atoms. The molecule has 1 aliphatic rings. The van der Waals surface area contributed by atoms with Crippen LogP contribution in [0.2, 0.25) is 5.02 Å². The molecule has 5 nitrogen and oxygen atoms in total. The molecule has 0 aliphatic carbocycles. The molecule has 0 saturated carbocycles. The number of hydrogen-bond acceptors (Lipinski definition) is 5. The zero-order valence-electron chi connectivity index (χ0n) is 16.8. The molecule has 1 amide bonds. The second-order valence-corrected chi connectivity index (χ2v) is 8.52. The van der Waals surface area contributed by atoms with Gasteiger partial charge >= 0.3 is 0 Å². The highest BCUT2D eigenvalue weighted by molar-refractivity contribution is 7.13. The highest BCUT2D eigenvalue weighted by atomic mass is 35.5. The summed E-state index contributed by atoms with van der Waals surface area (Å²) < 4.78 is 5.60. The highest BCUT2D eigenvalue weighted by Crippen LogP contribution is 2.38. The maximum atomic E-state index is 12.8. The second-order valence-electron chi connectivity index (χ2n) is 7.26. The smallest absolute Gasteiger partial charge is 0.265 e. The molecule has 0 radical (unpaired) electrons. The Hall–Kier alpha value is -3.48. The van der Waals surface area contributed by atoms with Crippen LogP contribution in [0.5, 0.6) is 5.75 Å². The molecule has 0 unspecified atom stereocenters. The number of thiazole rings is 1. The Labute approximate surface area is 193 Å². The standard InChI is InChI=1S/C25H17ClN2O3S/c26-19-9-5-4-8-18(19)25-27-20(15-32-25)17-10-11-23-21(12-17)28(24(30)14-31-23)13-22(29)16-6-2-1-3-7-16/h1-12,15H,13-14H2. The van der Waals surface area contributed by atoms with Crippen LogP contribution in [-0.4, -0.2) is 29.8 Å². The Bertz CT molecular complexity index is 1320. The first-order chi connectivity index (χ1) is 15.6. The molecule has 0 spiro atoms. The minimum absolute atomic E-state index is 0.0510. The van der Waals surface area contributed by atoms with E-state index in [0.29, 0.717) is 22.0 Å². The van der Waals surface area contributed by atoms with E-state index in [-0.39, 0.29) is 24.8 Å². The number of ketones is 1. The molecular formula is C25H17ClN2O3S. The van der Waals surface area contributed by atoms with E-state index in [9.17, 15) is 9.59 Å². The molecule has 1 aromatic heterocycles. The molecule has 158 valence electrons. The van der Waals surface area contributed by atoms with Crippen molar-refractivity contribution in [2.45, 2.75) is 0 Å². The van der Waals surface area contributed by atoms with E-state index in [1.54, 1.807) is 24.3 Å². The lowest BCUT2D eigenvalue weighted by molar-refractivity contribution is -0.121. The largest absolute Gasteiger partial charge is 0.482 e. The average molecular weight is 461 g/mol. The predicted molar refractivity (Wildman–Crippen MR) is 127 cm³/mol. The number of fused-ring (bicyclic) bond motifs is 1. The SMILES string of the molecule is O=C(CN1C(=O)COc2ccc(-c3csc(-c4ccccc4Cl)n3)cc21)c1ccccc1. The van der Waals surface area contributed by atoms with E-state index in [4.69, 9.17) is 21.3 Å². The zero-order chi connectivity index (χ0) is 22.1. The van der Waals surface area contributed by atoms with Crippen LogP contribution >= 0.6 is 22.9 Å². The number of Topliss-reactive ketones (excluding diaryl/α,β-unsaturated/α-hetero) is 1. The number of carbonyl (C=O) groups is 2. The number of aromatic nitrogens is 1. The van der Waals surface area contributed by atoms with Gasteiger partial charge < -0.3 is 4.74 Å². The van der Waals surface area contributed by atoms with E-state index < -0.39 is 0 Å². The summed E-state index contributed by atoms with van der Waals surface area (Å²) in [5.41, 5.74) is 3.59. The first-order valence-electron chi connectivity index (χ1n) is 9.96. The van der Waals surface area contributed by atoms with E-state index in [1.807, 2.05) is 53.9 Å². The maximum Gasteiger partial charge on any atom is 0.265 e. The third-order valence-corrected chi connectivity index (χ3v) is 6.41. The summed E-state index contributed by atoms with van der Waals surface area (Å²) in [7, 11) is 0. The zero-order valence-corrected chi connectivity index (χ0v) is 18.4. The molecule has 2 heterocycles. The summed E-state index contributed by atoms with van der Waals surface area (Å²) in [6, 6.07) is 22.1. The van der Waals surface area contributed by atoms with E-state index in [1.165, 1.54) is 16.2 Å². The van der Waals surface area contributed by atoms with Gasteiger partial charge in [0.05, 0.1) is 22.9 Å². The van der Waals surface area contributed by atoms with Crippen molar-refractivity contribution in [1.29, 1.82) is 0 Å². The van der Waals surface area contributed by atoms with Crippen molar-refractivity contribution in [1.82, 2.24) is 4.98 Å². The van der Waals surface area contributed by atoms with Crippen molar-refractivity contribution >= 4 is 40.3 Å². The average Bonchev–Trinajstić information content (AvgIpc) is 3.31. The number of anilines is 1. The molecule has 0 fully saturated rings. The Balaban J connectivity index is 1.47. The molecular weight excluding hydrogens is 444 g/mol. The van der Waals surface area contributed by atoms with Crippen LogP contribution in [0.15, 0.2) is 78.2 Å². The maximum absolute atomic E-state index is 12.8. The summed E-state index contributed by atoms with van der Waals surface area (Å²) in [6.07, 6.45) is 0. The van der Waals surface area contributed by atoms with Gasteiger partial charge in [0.1, 0.15) is 10.8 Å². The number of hydrogen-bond donors (Lipinski definition) is 0. The quantitative estimate of drug-likeness (QED) is 0.356. The topological polar surface area (TPSA) is 59.5 Å². The van der Waals surface area contributed by atoms with Gasteiger partial charge in [-0.25, -0.2) is 4.98 Å². The molecule has 0 bridgehead atoms. The number of nitrogens with zero attached hydrogens (tertiary/aromatic N) is 2. The van der Waals surface area contributed by atoms with Gasteiger partial charge in [0.2, 0.25) is 0 Å². The van der Waals surface area contributed by atoms with Crippen LogP contribution in [0.4, 0.5) is 5.69 Å². The van der Waals surface area contributed by atoms with Gasteiger partial charge in [0.25, 0.3) is 5.91 Å². The lowest BCUT2D eigenvalue weighted by Crippen LogP contribution is -2.42. The van der Waals surface area contributed by atoms with Crippen LogP contribution in [0, 0.1) is 0 Å². The van der Waals surface area contributed by atoms with Crippen LogP contribution in [0.1, 0.15) is 10.4 Å². The Morgan fingerprint density at radius 2 is 1.84 bits per heavy atom. The minimum Gasteiger partial charge on any atom is -0.482 e. The molecule has 0 saturated heterocycles. The number of benzene rings is 3. The molecule has 5 rings (SSSR count). The lowest BCUT2D eigenvalue weighted by Gasteiger charge is -2.29. The van der Waals surface area contributed by atoms with E-state index in [2.05, 4.69) is 0 Å². The number of carbonyl (C=O) groups excluding carboxylic acids is 2. The van der Waals surface area contributed by atoms with Crippen LogP contribution < -0.4 is 9.64 Å². The van der Waals surface area contributed by atoms with Crippen molar-refractivity contribution in [3.63, 3.8) is 0 Å². The fourth-order valence-electron chi connectivity index (χ4n) is 3.56. The van der Waals surface area contributed by atoms with Gasteiger partial charge in [-0.1, -0.05) is 60.1 Å². The third-order valence-electron chi connectivity index (χ3n) is 5.20. The van der Waals surface area contributed by atoms with Crippen molar-refractivity contribution in [3.8, 4) is 27.6 Å². The molecule has 0 N–H and O–H groups in total. The van der Waals surface area contributed by atoms with Crippen molar-refractivity contribution < 1.29 is 14.3 Å². The van der Waals surface area contributed by atoms with Gasteiger partial charge in [-0.3, -0.25) is 14.5 Å². The van der Waals surface area contributed by atoms with Crippen molar-refractivity contribution in [2.75, 3.05) is 18.1 Å². The Kier molecular flexibility index (Phi) is 5.47. The van der Waals surface area contributed by atoms with Crippen molar-refractivity contribution in [2.24, 2.45) is 0 Å². The monoisotopic (exact) mass is 460 g/mol. The van der Waals surface area contributed by atoms with Gasteiger partial charge in [0.15, 0.2) is 12.4 Å². The van der Waals surface area contributed by atoms with Gasteiger partial charge in [-0.15, -0.1) is 11.3 Å². The first-order valence-corrected chi connectivity index (χ1v) is 11.2. The summed E-state index contributed by atoms with van der Waals surface area (Å²) in [4.78, 5) is 31.6. The molecule has 7 heteroatoms. The van der Waals surface area contributed by atoms with Crippen LogP contribution in [0.3, 0.4) is 0 Å². The summed E-state index contributed by atoms with van der Waals surface area (Å²) in [6.45, 7) is -0.146. The second kappa shape index (κ2) is 8.57.